The van der Waals surface area contributed by atoms with Crippen molar-refractivity contribution in [2.75, 3.05) is 26.2 Å². The molecule has 0 aliphatic carbocycles. The van der Waals surface area contributed by atoms with Crippen LogP contribution in [0, 0.1) is 0 Å². The molecule has 1 saturated heterocycles. The average Bonchev–Trinajstić information content (AvgIpc) is 2.77. The van der Waals surface area contributed by atoms with Crippen molar-refractivity contribution in [1.82, 2.24) is 25.6 Å². The number of aromatic nitrogens is 3. The van der Waals surface area contributed by atoms with Gasteiger partial charge in [-0.1, -0.05) is 6.07 Å². The van der Waals surface area contributed by atoms with Crippen LogP contribution in [0.15, 0.2) is 18.2 Å². The summed E-state index contributed by atoms with van der Waals surface area (Å²) in [5, 5.41) is 14.2. The van der Waals surface area contributed by atoms with Gasteiger partial charge in [0, 0.05) is 32.7 Å². The molecule has 16 heavy (non-hydrogen) atoms. The van der Waals surface area contributed by atoms with E-state index in [1.165, 1.54) is 5.56 Å². The summed E-state index contributed by atoms with van der Waals surface area (Å²) in [6.07, 6.45) is 0. The van der Waals surface area contributed by atoms with Crippen LogP contribution in [-0.4, -0.2) is 46.5 Å². The molecule has 84 valence electrons. The van der Waals surface area contributed by atoms with Gasteiger partial charge in [0.15, 0.2) is 0 Å². The smallest absolute Gasteiger partial charge is 0.113 e. The molecule has 0 amide bonds. The van der Waals surface area contributed by atoms with Crippen molar-refractivity contribution < 1.29 is 0 Å². The Kier molecular flexibility index (Phi) is 2.55. The Bertz CT molecular complexity index is 472. The van der Waals surface area contributed by atoms with Crippen LogP contribution < -0.4 is 5.32 Å². The van der Waals surface area contributed by atoms with Gasteiger partial charge in [-0.05, 0) is 17.7 Å². The van der Waals surface area contributed by atoms with E-state index in [0.717, 1.165) is 43.8 Å². The average molecular weight is 217 g/mol. The normalized spacial score (nSPS) is 18.0. The number of H-pyrrole nitrogens is 1. The molecule has 1 aliphatic rings. The van der Waals surface area contributed by atoms with Gasteiger partial charge in [-0.2, -0.15) is 15.4 Å². The third kappa shape index (κ3) is 1.91. The number of benzene rings is 1. The summed E-state index contributed by atoms with van der Waals surface area (Å²) in [5.74, 6) is 0. The number of hydrogen-bond acceptors (Lipinski definition) is 4. The number of piperazine rings is 1. The Labute approximate surface area is 93.8 Å². The van der Waals surface area contributed by atoms with E-state index < -0.39 is 0 Å². The van der Waals surface area contributed by atoms with Crippen LogP contribution in [0.25, 0.3) is 11.0 Å². The molecule has 0 spiro atoms. The maximum absolute atomic E-state index is 4.11. The third-order valence-corrected chi connectivity index (χ3v) is 3.00. The predicted molar refractivity (Wildman–Crippen MR) is 62.0 cm³/mol. The quantitative estimate of drug-likeness (QED) is 0.762. The second-order valence-electron chi connectivity index (χ2n) is 4.17. The van der Waals surface area contributed by atoms with E-state index in [0.29, 0.717) is 0 Å². The minimum absolute atomic E-state index is 0.934. The molecule has 1 aliphatic heterocycles. The van der Waals surface area contributed by atoms with Crippen LogP contribution in [-0.2, 0) is 6.54 Å². The van der Waals surface area contributed by atoms with Crippen molar-refractivity contribution in [3.63, 3.8) is 0 Å². The zero-order chi connectivity index (χ0) is 10.8. The monoisotopic (exact) mass is 217 g/mol. The zero-order valence-corrected chi connectivity index (χ0v) is 9.11. The highest BCUT2D eigenvalue weighted by molar-refractivity contribution is 5.74. The van der Waals surface area contributed by atoms with Gasteiger partial charge in [-0.3, -0.25) is 4.90 Å². The van der Waals surface area contributed by atoms with E-state index in [1.54, 1.807) is 0 Å². The summed E-state index contributed by atoms with van der Waals surface area (Å²) in [6.45, 7) is 5.43. The molecule has 5 nitrogen and oxygen atoms in total. The van der Waals surface area contributed by atoms with Gasteiger partial charge in [-0.15, -0.1) is 0 Å². The molecular formula is C11H15N5. The second-order valence-corrected chi connectivity index (χ2v) is 4.17. The van der Waals surface area contributed by atoms with E-state index in [9.17, 15) is 0 Å². The van der Waals surface area contributed by atoms with E-state index in [1.807, 2.05) is 6.07 Å². The maximum Gasteiger partial charge on any atom is 0.113 e. The van der Waals surface area contributed by atoms with Gasteiger partial charge in [0.1, 0.15) is 11.0 Å². The fourth-order valence-corrected chi connectivity index (χ4v) is 2.11. The molecule has 1 aromatic heterocycles. The first kappa shape index (κ1) is 9.74. The van der Waals surface area contributed by atoms with Crippen LogP contribution in [0.5, 0.6) is 0 Å². The van der Waals surface area contributed by atoms with Crippen molar-refractivity contribution in [3.05, 3.63) is 23.8 Å². The number of fused-ring (bicyclic) bond motifs is 1. The van der Waals surface area contributed by atoms with Crippen molar-refractivity contribution in [1.29, 1.82) is 0 Å². The van der Waals surface area contributed by atoms with Gasteiger partial charge < -0.3 is 5.32 Å². The zero-order valence-electron chi connectivity index (χ0n) is 9.11. The first-order valence-electron chi connectivity index (χ1n) is 5.64. The fourth-order valence-electron chi connectivity index (χ4n) is 2.11. The fraction of sp³-hybridized carbons (Fsp3) is 0.455. The lowest BCUT2D eigenvalue weighted by atomic mass is 10.2. The third-order valence-electron chi connectivity index (χ3n) is 3.00. The lowest BCUT2D eigenvalue weighted by Gasteiger charge is -2.27. The molecule has 1 aromatic carbocycles. The summed E-state index contributed by atoms with van der Waals surface area (Å²) < 4.78 is 0. The maximum atomic E-state index is 4.11. The number of aromatic amines is 1. The first-order valence-corrected chi connectivity index (χ1v) is 5.64. The summed E-state index contributed by atoms with van der Waals surface area (Å²) in [5.41, 5.74) is 3.19. The highest BCUT2D eigenvalue weighted by Gasteiger charge is 2.10. The van der Waals surface area contributed by atoms with Crippen LogP contribution in [0.1, 0.15) is 5.56 Å². The van der Waals surface area contributed by atoms with Gasteiger partial charge in [-0.25, -0.2) is 0 Å². The molecule has 1 fully saturated rings. The lowest BCUT2D eigenvalue weighted by Crippen LogP contribution is -2.42. The van der Waals surface area contributed by atoms with E-state index in [2.05, 4.69) is 37.8 Å². The molecule has 2 aromatic rings. The van der Waals surface area contributed by atoms with Crippen molar-refractivity contribution in [3.8, 4) is 0 Å². The van der Waals surface area contributed by atoms with Crippen LogP contribution in [0.2, 0.25) is 0 Å². The van der Waals surface area contributed by atoms with Gasteiger partial charge >= 0.3 is 0 Å². The Morgan fingerprint density at radius 2 is 1.94 bits per heavy atom. The van der Waals surface area contributed by atoms with E-state index in [-0.39, 0.29) is 0 Å². The second kappa shape index (κ2) is 4.19. The van der Waals surface area contributed by atoms with E-state index >= 15 is 0 Å². The summed E-state index contributed by atoms with van der Waals surface area (Å²) >= 11 is 0. The minimum atomic E-state index is 0.934. The molecule has 2 heterocycles. The summed E-state index contributed by atoms with van der Waals surface area (Å²) in [4.78, 5) is 2.46. The minimum Gasteiger partial charge on any atom is -0.314 e. The Morgan fingerprint density at radius 1 is 1.12 bits per heavy atom. The van der Waals surface area contributed by atoms with Crippen LogP contribution in [0.4, 0.5) is 0 Å². The number of rotatable bonds is 2. The van der Waals surface area contributed by atoms with Crippen molar-refractivity contribution in [2.45, 2.75) is 6.54 Å². The highest BCUT2D eigenvalue weighted by Crippen LogP contribution is 2.12. The topological polar surface area (TPSA) is 56.8 Å². The lowest BCUT2D eigenvalue weighted by molar-refractivity contribution is 0.233. The summed E-state index contributed by atoms with van der Waals surface area (Å²) in [6, 6.07) is 6.27. The number of nitrogens with one attached hydrogen (secondary N) is 2. The molecule has 3 rings (SSSR count). The molecule has 2 N–H and O–H groups in total. The molecule has 0 radical (unpaired) electrons. The molecule has 0 bridgehead atoms. The molecule has 0 unspecified atom stereocenters. The molecule has 0 atom stereocenters. The summed E-state index contributed by atoms with van der Waals surface area (Å²) in [7, 11) is 0. The Balaban J connectivity index is 1.77. The van der Waals surface area contributed by atoms with Gasteiger partial charge in [0.25, 0.3) is 0 Å². The molecule has 0 saturated carbocycles. The standard InChI is InChI=1S/C11H15N5/c1-2-10-11(14-15-13-10)7-9(1)8-16-5-3-12-4-6-16/h1-2,7,12H,3-6,8H2,(H,13,14,15). The Morgan fingerprint density at radius 3 is 2.81 bits per heavy atom. The Hall–Kier alpha value is -1.46. The van der Waals surface area contributed by atoms with Crippen molar-refractivity contribution >= 4 is 11.0 Å². The number of hydrogen-bond donors (Lipinski definition) is 2. The molecular weight excluding hydrogens is 202 g/mol. The van der Waals surface area contributed by atoms with Crippen LogP contribution in [0.3, 0.4) is 0 Å². The van der Waals surface area contributed by atoms with Crippen LogP contribution >= 0.6 is 0 Å². The predicted octanol–water partition coefficient (Wildman–Crippen LogP) is 0.363. The van der Waals surface area contributed by atoms with Gasteiger partial charge in [0.2, 0.25) is 0 Å². The highest BCUT2D eigenvalue weighted by atomic mass is 15.3. The van der Waals surface area contributed by atoms with Gasteiger partial charge in [0.05, 0.1) is 0 Å². The van der Waals surface area contributed by atoms with E-state index in [4.69, 9.17) is 0 Å². The molecule has 5 heteroatoms. The number of nitrogens with zero attached hydrogens (tertiary/aromatic N) is 3. The largest absolute Gasteiger partial charge is 0.314 e. The first-order chi connectivity index (χ1) is 7.92. The van der Waals surface area contributed by atoms with Crippen molar-refractivity contribution in [2.24, 2.45) is 0 Å². The SMILES string of the molecule is c1cc2n[nH]nc2cc1CN1CCNCC1.